The van der Waals surface area contributed by atoms with Gasteiger partial charge in [-0.25, -0.2) is 4.39 Å². The largest absolute Gasteiger partial charge is 0.460 e. The quantitative estimate of drug-likeness (QED) is 0.210. The molecule has 40 heavy (non-hydrogen) atoms. The number of carbonyl (C=O) groups is 2. The first-order valence-electron chi connectivity index (χ1n) is 12.7. The number of hydrogen-bond donors (Lipinski definition) is 2. The molecule has 0 bridgehead atoms. The van der Waals surface area contributed by atoms with E-state index in [9.17, 15) is 14.0 Å². The van der Waals surface area contributed by atoms with Gasteiger partial charge in [-0.15, -0.1) is 0 Å². The number of nitrogens with one attached hydrogen (secondary N) is 1. The van der Waals surface area contributed by atoms with Crippen LogP contribution in [0.25, 0.3) is 22.1 Å². The molecule has 6 rings (SSSR count). The lowest BCUT2D eigenvalue weighted by Gasteiger charge is -2.19. The highest BCUT2D eigenvalue weighted by Crippen LogP contribution is 2.48. The molecule has 1 aliphatic carbocycles. The minimum Gasteiger partial charge on any atom is -0.460 e. The fourth-order valence-electron chi connectivity index (χ4n) is 5.11. The molecule has 0 radical (unpaired) electrons. The molecule has 3 N–H and O–H groups in total. The van der Waals surface area contributed by atoms with Crippen molar-refractivity contribution in [3.63, 3.8) is 0 Å². The van der Waals surface area contributed by atoms with E-state index < -0.39 is 11.4 Å². The van der Waals surface area contributed by atoms with Gasteiger partial charge in [-0.2, -0.15) is 0 Å². The van der Waals surface area contributed by atoms with E-state index in [2.05, 4.69) is 5.32 Å². The standard InChI is InChI=1S/C32H23Cl2FN2O3/c33-25-11-7-20(31(39)37-32(13-14-32)24-3-1-2-4-26(24)34)17-22(25)19-8-12-27-23(16-19)29(30(36)38)28(40-27)15-18-5-9-21(35)10-6-18/h1-12,16-17H,13-15H2,(H2,36,38)(H,37,39). The SMILES string of the molecule is NC(=O)c1c(Cc2ccc(F)cc2)oc2ccc(-c3cc(C(=O)NC4(c5ccccc5Cl)CC4)ccc3Cl)cc12. The van der Waals surface area contributed by atoms with Crippen LogP contribution in [-0.4, -0.2) is 11.8 Å². The summed E-state index contributed by atoms with van der Waals surface area (Å²) in [6.07, 6.45) is 1.87. The van der Waals surface area contributed by atoms with Crippen molar-refractivity contribution in [3.05, 3.63) is 129 Å². The van der Waals surface area contributed by atoms with E-state index in [1.54, 1.807) is 42.5 Å². The van der Waals surface area contributed by atoms with E-state index in [-0.39, 0.29) is 23.7 Å². The molecular weight excluding hydrogens is 550 g/mol. The molecule has 8 heteroatoms. The second-order valence-corrected chi connectivity index (χ2v) is 10.8. The van der Waals surface area contributed by atoms with Crippen LogP contribution in [0.4, 0.5) is 4.39 Å². The Hall–Kier alpha value is -4.13. The van der Waals surface area contributed by atoms with Gasteiger partial charge >= 0.3 is 0 Å². The smallest absolute Gasteiger partial charge is 0.252 e. The number of benzene rings is 4. The minimum absolute atomic E-state index is 0.237. The zero-order valence-corrected chi connectivity index (χ0v) is 22.7. The molecule has 1 heterocycles. The Balaban J connectivity index is 1.34. The molecule has 5 nitrogen and oxygen atoms in total. The summed E-state index contributed by atoms with van der Waals surface area (Å²) < 4.78 is 19.3. The molecule has 0 saturated heterocycles. The van der Waals surface area contributed by atoms with Crippen LogP contribution in [0, 0.1) is 5.82 Å². The van der Waals surface area contributed by atoms with Gasteiger partial charge in [-0.3, -0.25) is 9.59 Å². The topological polar surface area (TPSA) is 85.3 Å². The van der Waals surface area contributed by atoms with Crippen LogP contribution in [0.3, 0.4) is 0 Å². The summed E-state index contributed by atoms with van der Waals surface area (Å²) in [6.45, 7) is 0. The predicted molar refractivity (Wildman–Crippen MR) is 154 cm³/mol. The third-order valence-electron chi connectivity index (χ3n) is 7.32. The molecule has 0 spiro atoms. The zero-order valence-electron chi connectivity index (χ0n) is 21.1. The van der Waals surface area contributed by atoms with E-state index in [0.29, 0.717) is 43.5 Å². The van der Waals surface area contributed by atoms with E-state index in [1.807, 2.05) is 30.3 Å². The van der Waals surface area contributed by atoms with Crippen molar-refractivity contribution in [3.8, 4) is 11.1 Å². The van der Waals surface area contributed by atoms with Gasteiger partial charge in [0.05, 0.1) is 11.1 Å². The van der Waals surface area contributed by atoms with Gasteiger partial charge in [-0.05, 0) is 78.1 Å². The molecule has 1 aliphatic rings. The van der Waals surface area contributed by atoms with Crippen LogP contribution < -0.4 is 11.1 Å². The highest BCUT2D eigenvalue weighted by atomic mass is 35.5. The lowest BCUT2D eigenvalue weighted by molar-refractivity contribution is 0.0930. The second-order valence-electron chi connectivity index (χ2n) is 9.99. The van der Waals surface area contributed by atoms with Crippen LogP contribution in [-0.2, 0) is 12.0 Å². The normalized spacial score (nSPS) is 13.8. The Labute approximate surface area is 239 Å². The maximum atomic E-state index is 13.4. The maximum Gasteiger partial charge on any atom is 0.252 e. The Kier molecular flexibility index (Phi) is 6.61. The lowest BCUT2D eigenvalue weighted by Crippen LogP contribution is -2.35. The predicted octanol–water partition coefficient (Wildman–Crippen LogP) is 7.65. The summed E-state index contributed by atoms with van der Waals surface area (Å²) in [6, 6.07) is 23.9. The molecule has 200 valence electrons. The van der Waals surface area contributed by atoms with Gasteiger partial charge in [-0.1, -0.05) is 59.6 Å². The molecule has 4 aromatic carbocycles. The summed E-state index contributed by atoms with van der Waals surface area (Å²) >= 11 is 13.0. The van der Waals surface area contributed by atoms with Crippen molar-refractivity contribution in [2.45, 2.75) is 24.8 Å². The number of furan rings is 1. The average Bonchev–Trinajstić information content (AvgIpc) is 3.61. The first kappa shape index (κ1) is 26.1. The number of amides is 2. The molecule has 5 aromatic rings. The summed E-state index contributed by atoms with van der Waals surface area (Å²) in [5.41, 5.74) is 9.44. The zero-order chi connectivity index (χ0) is 28.0. The Morgan fingerprint density at radius 2 is 1.68 bits per heavy atom. The van der Waals surface area contributed by atoms with Crippen LogP contribution in [0.5, 0.6) is 0 Å². The number of hydrogen-bond acceptors (Lipinski definition) is 3. The van der Waals surface area contributed by atoms with E-state index in [4.69, 9.17) is 33.4 Å². The summed E-state index contributed by atoms with van der Waals surface area (Å²) in [4.78, 5) is 25.8. The molecular formula is C32H23Cl2FN2O3. The Bertz CT molecular complexity index is 1790. The van der Waals surface area contributed by atoms with Crippen LogP contribution in [0.1, 0.15) is 50.4 Å². The number of primary amides is 1. The van der Waals surface area contributed by atoms with Crippen molar-refractivity contribution in [1.29, 1.82) is 0 Å². The monoisotopic (exact) mass is 572 g/mol. The van der Waals surface area contributed by atoms with Crippen LogP contribution in [0.2, 0.25) is 10.0 Å². The van der Waals surface area contributed by atoms with Crippen molar-refractivity contribution >= 4 is 46.0 Å². The molecule has 1 saturated carbocycles. The number of rotatable bonds is 7. The third-order valence-corrected chi connectivity index (χ3v) is 7.98. The molecule has 0 aliphatic heterocycles. The molecule has 1 aromatic heterocycles. The molecule has 1 fully saturated rings. The van der Waals surface area contributed by atoms with Gasteiger partial charge in [0.25, 0.3) is 11.8 Å². The van der Waals surface area contributed by atoms with Gasteiger partial charge in [0.15, 0.2) is 0 Å². The van der Waals surface area contributed by atoms with E-state index >= 15 is 0 Å². The van der Waals surface area contributed by atoms with Gasteiger partial charge in [0.2, 0.25) is 0 Å². The van der Waals surface area contributed by atoms with Crippen molar-refractivity contribution in [1.82, 2.24) is 5.32 Å². The third kappa shape index (κ3) is 4.85. The number of halogens is 3. The van der Waals surface area contributed by atoms with Gasteiger partial charge in [0.1, 0.15) is 17.2 Å². The summed E-state index contributed by atoms with van der Waals surface area (Å²) in [5, 5.41) is 4.75. The van der Waals surface area contributed by atoms with Crippen molar-refractivity contribution in [2.24, 2.45) is 5.73 Å². The summed E-state index contributed by atoms with van der Waals surface area (Å²) in [7, 11) is 0. The molecule has 2 amide bonds. The summed E-state index contributed by atoms with van der Waals surface area (Å²) in [5.74, 6) is -0.836. The van der Waals surface area contributed by atoms with Crippen LogP contribution in [0.15, 0.2) is 89.3 Å². The van der Waals surface area contributed by atoms with Crippen LogP contribution >= 0.6 is 23.2 Å². The highest BCUT2D eigenvalue weighted by Gasteiger charge is 2.47. The lowest BCUT2D eigenvalue weighted by atomic mass is 9.98. The second kappa shape index (κ2) is 10.1. The average molecular weight is 573 g/mol. The Morgan fingerprint density at radius 3 is 2.38 bits per heavy atom. The van der Waals surface area contributed by atoms with Gasteiger partial charge < -0.3 is 15.5 Å². The number of fused-ring (bicyclic) bond motifs is 1. The van der Waals surface area contributed by atoms with E-state index in [1.165, 1.54) is 12.1 Å². The van der Waals surface area contributed by atoms with Gasteiger partial charge in [0, 0.05) is 33.0 Å². The number of carbonyl (C=O) groups excluding carboxylic acids is 2. The molecule has 0 unspecified atom stereocenters. The minimum atomic E-state index is -0.637. The fraction of sp³-hybridized carbons (Fsp3) is 0.125. The highest BCUT2D eigenvalue weighted by molar-refractivity contribution is 6.33. The first-order valence-corrected chi connectivity index (χ1v) is 13.5. The number of nitrogens with two attached hydrogens (primary N) is 1. The molecule has 0 atom stereocenters. The first-order chi connectivity index (χ1) is 19.2. The van der Waals surface area contributed by atoms with Crippen molar-refractivity contribution in [2.75, 3.05) is 0 Å². The fourth-order valence-corrected chi connectivity index (χ4v) is 5.65. The van der Waals surface area contributed by atoms with Crippen molar-refractivity contribution < 1.29 is 18.4 Å². The maximum absolute atomic E-state index is 13.4. The Morgan fingerprint density at radius 1 is 0.925 bits per heavy atom. The van der Waals surface area contributed by atoms with E-state index in [0.717, 1.165) is 24.0 Å².